The fraction of sp³-hybridized carbons (Fsp3) is 0.786. The number of amides is 1. The molecule has 0 radical (unpaired) electrons. The van der Waals surface area contributed by atoms with E-state index in [1.165, 1.54) is 0 Å². The molecule has 2 aliphatic heterocycles. The van der Waals surface area contributed by atoms with Crippen molar-refractivity contribution in [2.45, 2.75) is 122 Å². The van der Waals surface area contributed by atoms with Crippen molar-refractivity contribution in [2.75, 3.05) is 13.2 Å². The van der Waals surface area contributed by atoms with Crippen LogP contribution in [0.5, 0.6) is 5.75 Å². The molecular formula is C28H46N4O4. The second-order valence-corrected chi connectivity index (χ2v) is 12.2. The SMILES string of the molecule is CCC[C@H](NC(=O)C1CCCO1)[C@H](O)CN[C@H]1CC2(CCC2)Oc2c1cc(CC(C)(C)C)nc2CN. The number of hydrogen-bond acceptors (Lipinski definition) is 7. The van der Waals surface area contributed by atoms with Gasteiger partial charge in [-0.05, 0) is 56.4 Å². The van der Waals surface area contributed by atoms with Crippen molar-refractivity contribution in [1.82, 2.24) is 15.6 Å². The van der Waals surface area contributed by atoms with Gasteiger partial charge in [-0.25, -0.2) is 0 Å². The highest BCUT2D eigenvalue weighted by Crippen LogP contribution is 2.50. The fourth-order valence-corrected chi connectivity index (χ4v) is 5.75. The van der Waals surface area contributed by atoms with Crippen molar-refractivity contribution in [2.24, 2.45) is 11.1 Å². The molecule has 1 aromatic rings. The fourth-order valence-electron chi connectivity index (χ4n) is 5.75. The quantitative estimate of drug-likeness (QED) is 0.388. The van der Waals surface area contributed by atoms with Gasteiger partial charge < -0.3 is 30.9 Å². The summed E-state index contributed by atoms with van der Waals surface area (Å²) in [6.07, 6.45) is 7.05. The zero-order valence-electron chi connectivity index (χ0n) is 22.6. The van der Waals surface area contributed by atoms with Gasteiger partial charge in [0.15, 0.2) is 0 Å². The van der Waals surface area contributed by atoms with Gasteiger partial charge in [0.2, 0.25) is 5.91 Å². The first kappa shape index (κ1) is 27.3. The first-order chi connectivity index (χ1) is 17.1. The largest absolute Gasteiger partial charge is 0.485 e. The lowest BCUT2D eigenvalue weighted by Crippen LogP contribution is -2.53. The summed E-state index contributed by atoms with van der Waals surface area (Å²) in [6.45, 7) is 10.0. The lowest BCUT2D eigenvalue weighted by atomic mass is 9.72. The third-order valence-corrected chi connectivity index (χ3v) is 7.75. The van der Waals surface area contributed by atoms with Crippen LogP contribution in [-0.2, 0) is 22.5 Å². The summed E-state index contributed by atoms with van der Waals surface area (Å²) in [5.41, 5.74) is 8.99. The molecule has 0 aromatic carbocycles. The average molecular weight is 503 g/mol. The van der Waals surface area contributed by atoms with Gasteiger partial charge in [-0.15, -0.1) is 0 Å². The molecule has 4 rings (SSSR count). The third-order valence-electron chi connectivity index (χ3n) is 7.75. The van der Waals surface area contributed by atoms with E-state index in [4.69, 9.17) is 20.2 Å². The van der Waals surface area contributed by atoms with Gasteiger partial charge in [-0.2, -0.15) is 0 Å². The monoisotopic (exact) mass is 502 g/mol. The Morgan fingerprint density at radius 1 is 1.33 bits per heavy atom. The molecule has 4 atom stereocenters. The zero-order valence-corrected chi connectivity index (χ0v) is 22.6. The van der Waals surface area contributed by atoms with Gasteiger partial charge in [0.05, 0.1) is 17.8 Å². The van der Waals surface area contributed by atoms with Crippen LogP contribution >= 0.6 is 0 Å². The molecular weight excluding hydrogens is 456 g/mol. The summed E-state index contributed by atoms with van der Waals surface area (Å²) in [6, 6.07) is 1.88. The standard InChI is InChI=1S/C28H46N4O4/c1-5-8-20(32-26(34)24-9-6-12-35-24)23(33)17-30-21-15-28(10-7-11-28)36-25-19(21)13-18(14-27(2,3)4)31-22(25)16-29/h13,20-21,23-24,30,33H,5-12,14-17,29H2,1-4H3,(H,32,34)/t20-,21-,23+,24?/m0/s1. The molecule has 1 spiro atoms. The van der Waals surface area contributed by atoms with Gasteiger partial charge in [0, 0.05) is 43.4 Å². The summed E-state index contributed by atoms with van der Waals surface area (Å²) in [5, 5.41) is 17.8. The maximum atomic E-state index is 12.7. The number of nitrogens with zero attached hydrogens (tertiary/aromatic N) is 1. The number of pyridine rings is 1. The van der Waals surface area contributed by atoms with Crippen molar-refractivity contribution in [3.05, 3.63) is 23.0 Å². The number of aromatic nitrogens is 1. The molecule has 1 saturated heterocycles. The van der Waals surface area contributed by atoms with E-state index in [-0.39, 0.29) is 29.0 Å². The van der Waals surface area contributed by atoms with Crippen molar-refractivity contribution < 1.29 is 19.4 Å². The van der Waals surface area contributed by atoms with Crippen molar-refractivity contribution >= 4 is 5.91 Å². The van der Waals surface area contributed by atoms with Crippen LogP contribution in [0.15, 0.2) is 6.07 Å². The van der Waals surface area contributed by atoms with Crippen LogP contribution in [0.3, 0.4) is 0 Å². The number of nitrogens with one attached hydrogen (secondary N) is 2. The van der Waals surface area contributed by atoms with Crippen molar-refractivity contribution in [1.29, 1.82) is 0 Å². The molecule has 1 aliphatic carbocycles. The molecule has 36 heavy (non-hydrogen) atoms. The Labute approximate surface area is 216 Å². The third kappa shape index (κ3) is 6.39. The van der Waals surface area contributed by atoms with Gasteiger partial charge in [0.25, 0.3) is 0 Å². The summed E-state index contributed by atoms with van der Waals surface area (Å²) in [5.74, 6) is 0.713. The smallest absolute Gasteiger partial charge is 0.249 e. The van der Waals surface area contributed by atoms with Gasteiger partial charge in [-0.3, -0.25) is 9.78 Å². The summed E-state index contributed by atoms with van der Waals surface area (Å²) >= 11 is 0. The number of aliphatic hydroxyl groups is 1. The number of aliphatic hydroxyl groups excluding tert-OH is 1. The summed E-state index contributed by atoms with van der Waals surface area (Å²) in [7, 11) is 0. The highest BCUT2D eigenvalue weighted by atomic mass is 16.5. The molecule has 1 aromatic heterocycles. The molecule has 1 amide bonds. The van der Waals surface area contributed by atoms with Crippen LogP contribution < -0.4 is 21.1 Å². The van der Waals surface area contributed by atoms with Crippen LogP contribution in [0.4, 0.5) is 0 Å². The first-order valence-electron chi connectivity index (χ1n) is 13.9. The number of rotatable bonds is 10. The molecule has 3 heterocycles. The van der Waals surface area contributed by atoms with Crippen LogP contribution in [0.1, 0.15) is 102 Å². The van der Waals surface area contributed by atoms with Crippen molar-refractivity contribution in [3.63, 3.8) is 0 Å². The minimum atomic E-state index is -0.705. The summed E-state index contributed by atoms with van der Waals surface area (Å²) < 4.78 is 12.1. The predicted octanol–water partition coefficient (Wildman–Crippen LogP) is 3.29. The van der Waals surface area contributed by atoms with Crippen molar-refractivity contribution in [3.8, 4) is 5.75 Å². The van der Waals surface area contributed by atoms with Crippen LogP contribution in [0.25, 0.3) is 0 Å². The van der Waals surface area contributed by atoms with E-state index >= 15 is 0 Å². The Balaban J connectivity index is 1.51. The predicted molar refractivity (Wildman–Crippen MR) is 140 cm³/mol. The Morgan fingerprint density at radius 2 is 2.11 bits per heavy atom. The first-order valence-corrected chi connectivity index (χ1v) is 13.9. The molecule has 202 valence electrons. The molecule has 5 N–H and O–H groups in total. The van der Waals surface area contributed by atoms with Gasteiger partial charge in [-0.1, -0.05) is 34.1 Å². The molecule has 0 bridgehead atoms. The molecule has 3 aliphatic rings. The number of fused-ring (bicyclic) bond motifs is 1. The lowest BCUT2D eigenvalue weighted by Gasteiger charge is -2.48. The molecule has 2 fully saturated rings. The van der Waals surface area contributed by atoms with E-state index in [0.29, 0.717) is 26.1 Å². The topological polar surface area (TPSA) is 119 Å². The molecule has 1 unspecified atom stereocenters. The Bertz CT molecular complexity index is 906. The van der Waals surface area contributed by atoms with E-state index in [9.17, 15) is 9.90 Å². The highest BCUT2D eigenvalue weighted by molar-refractivity contribution is 5.81. The normalized spacial score (nSPS) is 24.5. The number of nitrogens with two attached hydrogens (primary N) is 1. The second kappa shape index (κ2) is 11.3. The maximum Gasteiger partial charge on any atom is 0.249 e. The Morgan fingerprint density at radius 3 is 2.69 bits per heavy atom. The maximum absolute atomic E-state index is 12.7. The van der Waals surface area contributed by atoms with Crippen LogP contribution in [0.2, 0.25) is 0 Å². The zero-order chi connectivity index (χ0) is 25.9. The van der Waals surface area contributed by atoms with E-state index in [0.717, 1.165) is 74.1 Å². The summed E-state index contributed by atoms with van der Waals surface area (Å²) in [4.78, 5) is 17.5. The van der Waals surface area contributed by atoms with Crippen LogP contribution in [0, 0.1) is 5.41 Å². The second-order valence-electron chi connectivity index (χ2n) is 12.2. The lowest BCUT2D eigenvalue weighted by molar-refractivity contribution is -0.131. The van der Waals surface area contributed by atoms with Gasteiger partial charge in [0.1, 0.15) is 17.5 Å². The minimum absolute atomic E-state index is 0.0341. The van der Waals surface area contributed by atoms with Crippen LogP contribution in [-0.4, -0.2) is 53.0 Å². The highest BCUT2D eigenvalue weighted by Gasteiger charge is 2.46. The van der Waals surface area contributed by atoms with E-state index in [2.05, 4.69) is 44.4 Å². The number of hydrogen-bond donors (Lipinski definition) is 4. The average Bonchev–Trinajstić information content (AvgIpc) is 3.34. The van der Waals surface area contributed by atoms with Gasteiger partial charge >= 0.3 is 0 Å². The Kier molecular flexibility index (Phi) is 8.60. The molecule has 8 nitrogen and oxygen atoms in total. The molecule has 1 saturated carbocycles. The molecule has 8 heteroatoms. The van der Waals surface area contributed by atoms with E-state index < -0.39 is 12.2 Å². The number of ether oxygens (including phenoxy) is 2. The van der Waals surface area contributed by atoms with E-state index in [1.807, 2.05) is 0 Å². The van der Waals surface area contributed by atoms with E-state index in [1.54, 1.807) is 0 Å². The number of carbonyl (C=O) groups excluding carboxylic acids is 1. The Hall–Kier alpha value is -1.74. The number of carbonyl (C=O) groups is 1. The minimum Gasteiger partial charge on any atom is -0.485 e.